The molecule has 1 saturated heterocycles. The first kappa shape index (κ1) is 16.8. The minimum absolute atomic E-state index is 0.315. The fourth-order valence-electron chi connectivity index (χ4n) is 2.91. The average Bonchev–Trinajstić information content (AvgIpc) is 2.85. The van der Waals surface area contributed by atoms with Crippen molar-refractivity contribution in [2.75, 3.05) is 12.9 Å². The minimum Gasteiger partial charge on any atom is -0.375 e. The maximum Gasteiger partial charge on any atom is 0.265 e. The lowest BCUT2D eigenvalue weighted by molar-refractivity contribution is -0.0506. The van der Waals surface area contributed by atoms with Crippen LogP contribution in [0.1, 0.15) is 36.6 Å². The molecule has 7 nitrogen and oxygen atoms in total. The molecule has 126 valence electrons. The van der Waals surface area contributed by atoms with Crippen LogP contribution < -0.4 is 0 Å². The molecular weight excluding hydrogens is 386 g/mol. The average molecular weight is 404 g/mol. The van der Waals surface area contributed by atoms with E-state index in [9.17, 15) is 8.42 Å². The first-order chi connectivity index (χ1) is 10.8. The number of ether oxygens (including phenoxy) is 1. The normalized spacial score (nSPS) is 20.7. The van der Waals surface area contributed by atoms with Crippen LogP contribution in [0.5, 0.6) is 0 Å². The number of H-pyrrole nitrogens is 1. The first-order valence-electron chi connectivity index (χ1n) is 7.36. The van der Waals surface area contributed by atoms with Gasteiger partial charge in [-0.15, -0.1) is 0 Å². The van der Waals surface area contributed by atoms with Gasteiger partial charge in [-0.2, -0.15) is 13.5 Å². The van der Waals surface area contributed by atoms with Crippen molar-refractivity contribution in [1.82, 2.24) is 15.2 Å². The van der Waals surface area contributed by atoms with Crippen molar-refractivity contribution >= 4 is 37.1 Å². The van der Waals surface area contributed by atoms with Gasteiger partial charge in [-0.3, -0.25) is 9.28 Å². The topological polar surface area (TPSA) is 94.2 Å². The molecule has 0 saturated carbocycles. The highest BCUT2D eigenvalue weighted by molar-refractivity contribution is 9.10. The van der Waals surface area contributed by atoms with Gasteiger partial charge in [0.25, 0.3) is 10.1 Å². The van der Waals surface area contributed by atoms with E-state index in [-0.39, 0.29) is 6.10 Å². The molecule has 0 radical (unpaired) electrons. The molecule has 0 bridgehead atoms. The second-order valence-electron chi connectivity index (χ2n) is 5.71. The lowest BCUT2D eigenvalue weighted by atomic mass is 9.96. The van der Waals surface area contributed by atoms with Gasteiger partial charge in [-0.25, -0.2) is 4.98 Å². The number of fused-ring (bicyclic) bond motifs is 1. The van der Waals surface area contributed by atoms with Crippen LogP contribution in [0.2, 0.25) is 0 Å². The summed E-state index contributed by atoms with van der Waals surface area (Å²) in [7, 11) is -3.64. The highest BCUT2D eigenvalue weighted by Crippen LogP contribution is 2.36. The van der Waals surface area contributed by atoms with E-state index in [4.69, 9.17) is 8.92 Å². The predicted octanol–water partition coefficient (Wildman–Crippen LogP) is 2.62. The Morgan fingerprint density at radius 3 is 2.91 bits per heavy atom. The Morgan fingerprint density at radius 1 is 1.48 bits per heavy atom. The molecule has 1 aliphatic heterocycles. The molecule has 1 fully saturated rings. The Balaban J connectivity index is 2.13. The summed E-state index contributed by atoms with van der Waals surface area (Å²) in [5.41, 5.74) is 2.04. The lowest BCUT2D eigenvalue weighted by Gasteiger charge is -2.30. The van der Waals surface area contributed by atoms with Crippen LogP contribution >= 0.6 is 15.9 Å². The Morgan fingerprint density at radius 2 is 2.26 bits per heavy atom. The van der Waals surface area contributed by atoms with E-state index >= 15 is 0 Å². The third kappa shape index (κ3) is 3.73. The molecule has 2 aromatic heterocycles. The number of aromatic amines is 1. The summed E-state index contributed by atoms with van der Waals surface area (Å²) in [6.07, 6.45) is 2.72. The van der Waals surface area contributed by atoms with Crippen molar-refractivity contribution in [2.45, 2.75) is 38.4 Å². The molecule has 2 atom stereocenters. The molecule has 0 amide bonds. The summed E-state index contributed by atoms with van der Waals surface area (Å²) < 4.78 is 35.3. The minimum atomic E-state index is -3.64. The molecule has 3 heterocycles. The van der Waals surface area contributed by atoms with Gasteiger partial charge in [0, 0.05) is 23.3 Å². The fourth-order valence-corrected chi connectivity index (χ4v) is 3.93. The number of halogens is 1. The van der Waals surface area contributed by atoms with Gasteiger partial charge in [0.15, 0.2) is 5.65 Å². The van der Waals surface area contributed by atoms with E-state index < -0.39 is 16.2 Å². The molecule has 0 aliphatic carbocycles. The molecule has 9 heteroatoms. The van der Waals surface area contributed by atoms with E-state index in [1.54, 1.807) is 6.07 Å². The van der Waals surface area contributed by atoms with Crippen molar-refractivity contribution in [3.63, 3.8) is 0 Å². The number of hydrogen-bond donors (Lipinski definition) is 1. The number of rotatable bonds is 4. The zero-order valence-corrected chi connectivity index (χ0v) is 15.3. The number of nitrogens with one attached hydrogen (secondary N) is 1. The summed E-state index contributed by atoms with van der Waals surface area (Å²) in [5.74, 6) is 0. The maximum absolute atomic E-state index is 11.8. The third-order valence-electron chi connectivity index (χ3n) is 3.84. The SMILES string of the molecule is Cc1[nH]nc2nc(Br)cc(C(OS(C)(=O)=O)C3CCCCO3)c12. The van der Waals surface area contributed by atoms with E-state index in [1.165, 1.54) is 0 Å². The zero-order valence-electron chi connectivity index (χ0n) is 12.9. The molecular formula is C14H18BrN3O4S. The van der Waals surface area contributed by atoms with Gasteiger partial charge in [0.05, 0.1) is 12.4 Å². The van der Waals surface area contributed by atoms with Gasteiger partial charge in [0.2, 0.25) is 0 Å². The molecule has 2 aromatic rings. The molecule has 2 unspecified atom stereocenters. The summed E-state index contributed by atoms with van der Waals surface area (Å²) in [6, 6.07) is 1.78. The summed E-state index contributed by atoms with van der Waals surface area (Å²) in [6.45, 7) is 2.47. The Bertz CT molecular complexity index is 815. The summed E-state index contributed by atoms with van der Waals surface area (Å²) >= 11 is 3.35. The van der Waals surface area contributed by atoms with Crippen LogP contribution in [-0.2, 0) is 19.0 Å². The third-order valence-corrected chi connectivity index (χ3v) is 4.80. The Kier molecular flexibility index (Phi) is 4.73. The van der Waals surface area contributed by atoms with Gasteiger partial charge in [-0.1, -0.05) is 0 Å². The van der Waals surface area contributed by atoms with Crippen LogP contribution in [0.3, 0.4) is 0 Å². The van der Waals surface area contributed by atoms with Crippen molar-refractivity contribution in [1.29, 1.82) is 0 Å². The molecule has 0 aromatic carbocycles. The largest absolute Gasteiger partial charge is 0.375 e. The summed E-state index contributed by atoms with van der Waals surface area (Å²) in [5, 5.41) is 7.81. The summed E-state index contributed by atoms with van der Waals surface area (Å²) in [4.78, 5) is 4.31. The van der Waals surface area contributed by atoms with Crippen molar-refractivity contribution in [3.8, 4) is 0 Å². The van der Waals surface area contributed by atoms with Crippen molar-refractivity contribution in [2.24, 2.45) is 0 Å². The first-order valence-corrected chi connectivity index (χ1v) is 9.97. The lowest BCUT2D eigenvalue weighted by Crippen LogP contribution is -2.30. The van der Waals surface area contributed by atoms with E-state index in [1.807, 2.05) is 6.92 Å². The number of hydrogen-bond acceptors (Lipinski definition) is 6. The molecule has 23 heavy (non-hydrogen) atoms. The number of aromatic nitrogens is 3. The number of pyridine rings is 1. The number of aryl methyl sites for hydroxylation is 1. The van der Waals surface area contributed by atoms with Crippen LogP contribution in [0.4, 0.5) is 0 Å². The van der Waals surface area contributed by atoms with Crippen LogP contribution in [0.15, 0.2) is 10.7 Å². The Labute approximate surface area is 143 Å². The second-order valence-corrected chi connectivity index (χ2v) is 8.12. The van der Waals surface area contributed by atoms with Gasteiger partial charge in [-0.05, 0) is 48.2 Å². The predicted molar refractivity (Wildman–Crippen MR) is 88.6 cm³/mol. The second kappa shape index (κ2) is 6.46. The van der Waals surface area contributed by atoms with Crippen molar-refractivity contribution in [3.05, 3.63) is 21.9 Å². The monoisotopic (exact) mass is 403 g/mol. The number of nitrogens with zero attached hydrogens (tertiary/aromatic N) is 2. The van der Waals surface area contributed by atoms with Crippen LogP contribution in [0, 0.1) is 6.92 Å². The molecule has 1 aliphatic rings. The van der Waals surface area contributed by atoms with Gasteiger partial charge < -0.3 is 4.74 Å². The zero-order chi connectivity index (χ0) is 16.6. The molecule has 1 N–H and O–H groups in total. The molecule has 0 spiro atoms. The highest BCUT2D eigenvalue weighted by atomic mass is 79.9. The maximum atomic E-state index is 11.8. The Hall–Kier alpha value is -1.03. The van der Waals surface area contributed by atoms with Gasteiger partial charge in [0.1, 0.15) is 10.7 Å². The quantitative estimate of drug-likeness (QED) is 0.622. The van der Waals surface area contributed by atoms with E-state index in [0.29, 0.717) is 22.4 Å². The van der Waals surface area contributed by atoms with E-state index in [0.717, 1.165) is 36.6 Å². The fraction of sp³-hybridized carbons (Fsp3) is 0.571. The smallest absolute Gasteiger partial charge is 0.265 e. The van der Waals surface area contributed by atoms with Crippen LogP contribution in [-0.4, -0.2) is 42.6 Å². The van der Waals surface area contributed by atoms with Crippen molar-refractivity contribution < 1.29 is 17.3 Å². The van der Waals surface area contributed by atoms with Crippen LogP contribution in [0.25, 0.3) is 11.0 Å². The van der Waals surface area contributed by atoms with E-state index in [2.05, 4.69) is 31.1 Å². The highest BCUT2D eigenvalue weighted by Gasteiger charge is 2.32. The molecule has 3 rings (SSSR count). The standard InChI is InChI=1S/C14H18BrN3O4S/c1-8-12-9(7-11(15)16-14(12)18-17-8)13(22-23(2,19)20)10-5-3-4-6-21-10/h7,10,13H,3-6H2,1-2H3,(H,16,17,18). The van der Waals surface area contributed by atoms with Gasteiger partial charge >= 0.3 is 0 Å².